The summed E-state index contributed by atoms with van der Waals surface area (Å²) in [6.45, 7) is 10.1. The van der Waals surface area contributed by atoms with Crippen LogP contribution in [0.1, 0.15) is 36.7 Å². The molecule has 18 heavy (non-hydrogen) atoms. The maximum absolute atomic E-state index is 11.7. The zero-order valence-corrected chi connectivity index (χ0v) is 12.0. The Morgan fingerprint density at radius 3 is 2.89 bits per heavy atom. The van der Waals surface area contributed by atoms with Crippen LogP contribution in [0, 0.1) is 0 Å². The van der Waals surface area contributed by atoms with Crippen LogP contribution in [0.15, 0.2) is 18.9 Å². The number of hydrogen-bond donors (Lipinski definition) is 2. The molecule has 0 bridgehead atoms. The number of nitrogens with zero attached hydrogens (tertiary/aromatic N) is 1. The smallest absolute Gasteiger partial charge is 0.237 e. The van der Waals surface area contributed by atoms with Gasteiger partial charge in [0, 0.05) is 17.6 Å². The van der Waals surface area contributed by atoms with Crippen molar-refractivity contribution in [3.63, 3.8) is 0 Å². The highest BCUT2D eigenvalue weighted by molar-refractivity contribution is 7.11. The van der Waals surface area contributed by atoms with Gasteiger partial charge in [-0.1, -0.05) is 13.0 Å². The summed E-state index contributed by atoms with van der Waals surface area (Å²) in [6, 6.07) is -0.159. The number of nitrogens with one attached hydrogen (secondary N) is 2. The van der Waals surface area contributed by atoms with E-state index >= 15 is 0 Å². The Kier molecular flexibility index (Phi) is 6.01. The Morgan fingerprint density at radius 2 is 2.33 bits per heavy atom. The molecule has 0 aromatic carbocycles. The predicted molar refractivity (Wildman–Crippen MR) is 75.7 cm³/mol. The van der Waals surface area contributed by atoms with Crippen molar-refractivity contribution in [3.8, 4) is 0 Å². The van der Waals surface area contributed by atoms with Gasteiger partial charge < -0.3 is 5.32 Å². The predicted octanol–water partition coefficient (Wildman–Crippen LogP) is 2.05. The molecular formula is C13H21N3OS. The zero-order valence-electron chi connectivity index (χ0n) is 11.2. The molecule has 100 valence electrons. The van der Waals surface area contributed by atoms with Gasteiger partial charge in [-0.3, -0.25) is 10.1 Å². The van der Waals surface area contributed by atoms with Crippen molar-refractivity contribution in [2.45, 2.75) is 39.3 Å². The van der Waals surface area contributed by atoms with E-state index in [1.54, 1.807) is 17.4 Å². The molecule has 1 aromatic heterocycles. The van der Waals surface area contributed by atoms with Gasteiger partial charge in [-0.05, 0) is 20.3 Å². The Hall–Kier alpha value is -1.20. The standard InChI is InChI=1S/C13H21N3OS/c1-5-7-14-12(17)9(3)16-10(4)13-15-8-11(6-2)18-13/h5,8-10,16H,1,6-7H2,2-4H3,(H,14,17). The van der Waals surface area contributed by atoms with Crippen LogP contribution in [-0.4, -0.2) is 23.5 Å². The molecule has 2 unspecified atom stereocenters. The highest BCUT2D eigenvalue weighted by Gasteiger charge is 2.17. The quantitative estimate of drug-likeness (QED) is 0.743. The van der Waals surface area contributed by atoms with Crippen LogP contribution in [0.3, 0.4) is 0 Å². The van der Waals surface area contributed by atoms with Gasteiger partial charge in [-0.2, -0.15) is 0 Å². The molecule has 0 spiro atoms. The molecule has 0 saturated heterocycles. The van der Waals surface area contributed by atoms with E-state index in [0.29, 0.717) is 6.54 Å². The van der Waals surface area contributed by atoms with Crippen molar-refractivity contribution in [2.24, 2.45) is 0 Å². The second-order valence-corrected chi connectivity index (χ2v) is 5.31. The lowest BCUT2D eigenvalue weighted by Gasteiger charge is -2.17. The number of aromatic nitrogens is 1. The van der Waals surface area contributed by atoms with Crippen LogP contribution >= 0.6 is 11.3 Å². The Morgan fingerprint density at radius 1 is 1.61 bits per heavy atom. The molecule has 1 aromatic rings. The van der Waals surface area contributed by atoms with Crippen LogP contribution < -0.4 is 10.6 Å². The van der Waals surface area contributed by atoms with E-state index in [2.05, 4.69) is 29.1 Å². The first-order chi connectivity index (χ1) is 8.58. The Bertz CT molecular complexity index is 403. The van der Waals surface area contributed by atoms with Gasteiger partial charge in [0.1, 0.15) is 5.01 Å². The molecule has 2 N–H and O–H groups in total. The van der Waals surface area contributed by atoms with Crippen LogP contribution in [0.5, 0.6) is 0 Å². The largest absolute Gasteiger partial charge is 0.351 e. The number of aryl methyl sites for hydroxylation is 1. The number of hydrogen-bond acceptors (Lipinski definition) is 4. The molecule has 0 aliphatic rings. The molecule has 2 atom stereocenters. The average Bonchev–Trinajstić information content (AvgIpc) is 2.84. The molecule has 1 heterocycles. The molecular weight excluding hydrogens is 246 g/mol. The lowest BCUT2D eigenvalue weighted by molar-refractivity contribution is -0.122. The highest BCUT2D eigenvalue weighted by atomic mass is 32.1. The van der Waals surface area contributed by atoms with E-state index < -0.39 is 0 Å². The number of carbonyl (C=O) groups is 1. The van der Waals surface area contributed by atoms with Gasteiger partial charge in [0.15, 0.2) is 0 Å². The summed E-state index contributed by atoms with van der Waals surface area (Å²) in [5, 5.41) is 7.04. The molecule has 0 radical (unpaired) electrons. The van der Waals surface area contributed by atoms with E-state index in [4.69, 9.17) is 0 Å². The van der Waals surface area contributed by atoms with Crippen molar-refractivity contribution in [2.75, 3.05) is 6.54 Å². The first-order valence-corrected chi connectivity index (χ1v) is 6.99. The van der Waals surface area contributed by atoms with Crippen LogP contribution in [0.4, 0.5) is 0 Å². The minimum absolute atomic E-state index is 0.0194. The molecule has 0 fully saturated rings. The van der Waals surface area contributed by atoms with E-state index in [1.807, 2.05) is 20.0 Å². The summed E-state index contributed by atoms with van der Waals surface area (Å²) in [5.41, 5.74) is 0. The average molecular weight is 267 g/mol. The number of amides is 1. The van der Waals surface area contributed by atoms with Crippen molar-refractivity contribution < 1.29 is 4.79 Å². The Labute approximate surface area is 113 Å². The molecule has 0 saturated carbocycles. The second-order valence-electron chi connectivity index (χ2n) is 4.16. The van der Waals surface area contributed by atoms with E-state index in [9.17, 15) is 4.79 Å². The van der Waals surface area contributed by atoms with Crippen molar-refractivity contribution in [1.82, 2.24) is 15.6 Å². The third-order valence-corrected chi connectivity index (χ3v) is 3.93. The fraction of sp³-hybridized carbons (Fsp3) is 0.538. The molecule has 4 nitrogen and oxygen atoms in total. The first kappa shape index (κ1) is 14.9. The van der Waals surface area contributed by atoms with Gasteiger partial charge in [0.05, 0.1) is 12.1 Å². The number of carbonyl (C=O) groups excluding carboxylic acids is 1. The second kappa shape index (κ2) is 7.28. The first-order valence-electron chi connectivity index (χ1n) is 6.17. The summed E-state index contributed by atoms with van der Waals surface area (Å²) >= 11 is 1.69. The normalized spacial score (nSPS) is 13.9. The van der Waals surface area contributed by atoms with Gasteiger partial charge in [-0.25, -0.2) is 4.98 Å². The van der Waals surface area contributed by atoms with E-state index in [0.717, 1.165) is 11.4 Å². The number of rotatable bonds is 7. The van der Waals surface area contributed by atoms with Crippen LogP contribution in [0.2, 0.25) is 0 Å². The van der Waals surface area contributed by atoms with E-state index in [1.165, 1.54) is 4.88 Å². The summed E-state index contributed by atoms with van der Waals surface area (Å²) in [7, 11) is 0. The van der Waals surface area contributed by atoms with Crippen LogP contribution in [-0.2, 0) is 11.2 Å². The minimum Gasteiger partial charge on any atom is -0.351 e. The molecule has 0 aliphatic carbocycles. The highest BCUT2D eigenvalue weighted by Crippen LogP contribution is 2.20. The van der Waals surface area contributed by atoms with E-state index in [-0.39, 0.29) is 18.0 Å². The van der Waals surface area contributed by atoms with Gasteiger partial charge >= 0.3 is 0 Å². The third kappa shape index (κ3) is 4.23. The minimum atomic E-state index is -0.242. The summed E-state index contributed by atoms with van der Waals surface area (Å²) in [6.07, 6.45) is 4.57. The lowest BCUT2D eigenvalue weighted by atomic mass is 10.2. The van der Waals surface area contributed by atoms with Crippen molar-refractivity contribution in [1.29, 1.82) is 0 Å². The topological polar surface area (TPSA) is 54.0 Å². The molecule has 1 rings (SSSR count). The molecule has 1 amide bonds. The zero-order chi connectivity index (χ0) is 13.5. The number of thiazole rings is 1. The van der Waals surface area contributed by atoms with Crippen molar-refractivity contribution in [3.05, 3.63) is 28.7 Å². The molecule has 0 aliphatic heterocycles. The third-order valence-electron chi connectivity index (χ3n) is 2.60. The fourth-order valence-electron chi connectivity index (χ4n) is 1.53. The fourth-order valence-corrected chi connectivity index (χ4v) is 2.40. The summed E-state index contributed by atoms with van der Waals surface area (Å²) in [5.74, 6) is -0.0194. The summed E-state index contributed by atoms with van der Waals surface area (Å²) in [4.78, 5) is 17.3. The SMILES string of the molecule is C=CCNC(=O)C(C)NC(C)c1ncc(CC)s1. The van der Waals surface area contributed by atoms with Gasteiger partial charge in [0.25, 0.3) is 0 Å². The molecule has 5 heteroatoms. The van der Waals surface area contributed by atoms with Gasteiger partial charge in [-0.15, -0.1) is 17.9 Å². The summed E-state index contributed by atoms with van der Waals surface area (Å²) < 4.78 is 0. The van der Waals surface area contributed by atoms with Gasteiger partial charge in [0.2, 0.25) is 5.91 Å². The maximum Gasteiger partial charge on any atom is 0.237 e. The van der Waals surface area contributed by atoms with Crippen molar-refractivity contribution >= 4 is 17.2 Å². The van der Waals surface area contributed by atoms with Crippen LogP contribution in [0.25, 0.3) is 0 Å². The maximum atomic E-state index is 11.7. The monoisotopic (exact) mass is 267 g/mol. The lowest BCUT2D eigenvalue weighted by Crippen LogP contribution is -2.43. The Balaban J connectivity index is 2.50.